The second-order valence-corrected chi connectivity index (χ2v) is 7.88. The molecule has 2 rings (SSSR count). The zero-order valence-electron chi connectivity index (χ0n) is 19.4. The van der Waals surface area contributed by atoms with Crippen LogP contribution in [0.2, 0.25) is 0 Å². The molecule has 0 bridgehead atoms. The normalized spacial score (nSPS) is 10.8. The topological polar surface area (TPSA) is 69.7 Å². The third kappa shape index (κ3) is 7.63. The molecule has 0 fully saturated rings. The molecule has 0 aliphatic heterocycles. The van der Waals surface area contributed by atoms with Gasteiger partial charge in [0.25, 0.3) is 0 Å². The van der Waals surface area contributed by atoms with E-state index in [1.165, 1.54) is 12.7 Å². The van der Waals surface area contributed by atoms with Gasteiger partial charge in [-0.2, -0.15) is 0 Å². The van der Waals surface area contributed by atoms with Crippen LogP contribution >= 0.6 is 0 Å². The number of benzene rings is 2. The Bertz CT molecular complexity index is 869. The van der Waals surface area contributed by atoms with Crippen molar-refractivity contribution in [3.63, 3.8) is 0 Å². The van der Waals surface area contributed by atoms with Gasteiger partial charge in [0.1, 0.15) is 28.6 Å². The molecule has 172 valence electrons. The van der Waals surface area contributed by atoms with E-state index in [2.05, 4.69) is 0 Å². The molecule has 0 aliphatic carbocycles. The number of aryl methyl sites for hydroxylation is 1. The van der Waals surface area contributed by atoms with Crippen molar-refractivity contribution in [1.29, 1.82) is 0 Å². The van der Waals surface area contributed by atoms with Gasteiger partial charge in [-0.15, -0.1) is 0 Å². The fourth-order valence-electron chi connectivity index (χ4n) is 3.72. The van der Waals surface area contributed by atoms with Gasteiger partial charge in [-0.05, 0) is 49.1 Å². The number of ether oxygens (including phenoxy) is 2. The molecule has 2 aromatic rings. The number of Topliss-reactive ketones (excluding diaryl/α,β-unsaturated/α-hetero) is 2. The van der Waals surface area contributed by atoms with Crippen molar-refractivity contribution < 1.29 is 23.9 Å². The number of carbonyl (C=O) groups excluding carboxylic acids is 3. The molecule has 5 heteroatoms. The minimum absolute atomic E-state index is 0.0725. The first-order valence-corrected chi connectivity index (χ1v) is 11.5. The highest BCUT2D eigenvalue weighted by molar-refractivity contribution is 6.02. The number of ketones is 2. The monoisotopic (exact) mass is 438 g/mol. The molecular weight excluding hydrogens is 404 g/mol. The van der Waals surface area contributed by atoms with Crippen molar-refractivity contribution in [2.24, 2.45) is 5.92 Å². The molecule has 0 unspecified atom stereocenters. The summed E-state index contributed by atoms with van der Waals surface area (Å²) in [5.74, 6) is 0.273. The highest BCUT2D eigenvalue weighted by Gasteiger charge is 2.22. The second kappa shape index (κ2) is 13.5. The molecule has 0 heterocycles. The van der Waals surface area contributed by atoms with Gasteiger partial charge >= 0.3 is 5.97 Å². The number of esters is 1. The highest BCUT2D eigenvalue weighted by Crippen LogP contribution is 2.21. The lowest BCUT2D eigenvalue weighted by Gasteiger charge is -2.12. The van der Waals surface area contributed by atoms with Crippen LogP contribution in [0.25, 0.3) is 0 Å². The molecule has 0 aromatic heterocycles. The molecule has 0 saturated carbocycles. The number of para-hydroxylation sites is 1. The van der Waals surface area contributed by atoms with Crippen molar-refractivity contribution in [3.8, 4) is 11.5 Å². The minimum Gasteiger partial charge on any atom is -0.496 e. The highest BCUT2D eigenvalue weighted by atomic mass is 16.5. The summed E-state index contributed by atoms with van der Waals surface area (Å²) in [6.07, 6.45) is 6.48. The van der Waals surface area contributed by atoms with E-state index in [1.54, 1.807) is 36.4 Å². The molecule has 0 spiro atoms. The van der Waals surface area contributed by atoms with Gasteiger partial charge in [0.15, 0.2) is 0 Å². The molecule has 2 aromatic carbocycles. The van der Waals surface area contributed by atoms with Gasteiger partial charge in [-0.1, -0.05) is 57.4 Å². The van der Waals surface area contributed by atoms with Crippen molar-refractivity contribution in [2.45, 2.75) is 65.2 Å². The fraction of sp³-hybridized carbons (Fsp3) is 0.444. The molecule has 0 N–H and O–H groups in total. The van der Waals surface area contributed by atoms with Gasteiger partial charge in [-0.25, -0.2) is 4.79 Å². The Morgan fingerprint density at radius 1 is 0.812 bits per heavy atom. The third-order valence-electron chi connectivity index (χ3n) is 5.64. The zero-order chi connectivity index (χ0) is 23.3. The summed E-state index contributed by atoms with van der Waals surface area (Å²) in [5.41, 5.74) is 1.57. The summed E-state index contributed by atoms with van der Waals surface area (Å²) in [5, 5.41) is 0. The van der Waals surface area contributed by atoms with Crippen LogP contribution in [0, 0.1) is 5.92 Å². The number of hydrogen-bond acceptors (Lipinski definition) is 5. The zero-order valence-corrected chi connectivity index (χ0v) is 19.4. The first-order valence-electron chi connectivity index (χ1n) is 11.5. The van der Waals surface area contributed by atoms with E-state index in [0.29, 0.717) is 36.3 Å². The first kappa shape index (κ1) is 25.3. The van der Waals surface area contributed by atoms with E-state index in [-0.39, 0.29) is 11.6 Å². The summed E-state index contributed by atoms with van der Waals surface area (Å²) in [6, 6.07) is 14.5. The van der Waals surface area contributed by atoms with E-state index in [9.17, 15) is 14.4 Å². The Balaban J connectivity index is 1.73. The van der Waals surface area contributed by atoms with Gasteiger partial charge in [0.05, 0.1) is 13.0 Å². The van der Waals surface area contributed by atoms with Crippen LogP contribution in [0.15, 0.2) is 48.5 Å². The van der Waals surface area contributed by atoms with Crippen LogP contribution in [0.3, 0.4) is 0 Å². The van der Waals surface area contributed by atoms with Gasteiger partial charge in [-0.3, -0.25) is 9.59 Å². The average Bonchev–Trinajstić information content (AvgIpc) is 2.83. The number of hydrogen-bond donors (Lipinski definition) is 0. The Kier molecular flexibility index (Phi) is 10.6. The third-order valence-corrected chi connectivity index (χ3v) is 5.64. The summed E-state index contributed by atoms with van der Waals surface area (Å²) >= 11 is 0. The van der Waals surface area contributed by atoms with Gasteiger partial charge in [0.2, 0.25) is 0 Å². The van der Waals surface area contributed by atoms with Crippen LogP contribution in [-0.4, -0.2) is 24.6 Å². The summed E-state index contributed by atoms with van der Waals surface area (Å²) < 4.78 is 10.7. The van der Waals surface area contributed by atoms with Crippen molar-refractivity contribution >= 4 is 17.5 Å². The summed E-state index contributed by atoms with van der Waals surface area (Å²) in [4.78, 5) is 36.3. The Labute approximate surface area is 191 Å². The lowest BCUT2D eigenvalue weighted by atomic mass is 9.90. The Hall–Kier alpha value is -2.95. The maximum atomic E-state index is 12.4. The predicted octanol–water partition coefficient (Wildman–Crippen LogP) is 5.98. The SMILES string of the molecule is CCC(=O)C(CCCCCCc1ccc(OC(=O)c2ccccc2OC)cc1)C(=O)CC. The van der Waals surface area contributed by atoms with Crippen molar-refractivity contribution in [1.82, 2.24) is 0 Å². The van der Waals surface area contributed by atoms with Gasteiger partial charge < -0.3 is 9.47 Å². The van der Waals surface area contributed by atoms with Crippen LogP contribution in [0.5, 0.6) is 11.5 Å². The van der Waals surface area contributed by atoms with E-state index >= 15 is 0 Å². The average molecular weight is 439 g/mol. The van der Waals surface area contributed by atoms with Crippen LogP contribution in [0.4, 0.5) is 0 Å². The minimum atomic E-state index is -0.448. The first-order chi connectivity index (χ1) is 15.5. The molecule has 5 nitrogen and oxygen atoms in total. The largest absolute Gasteiger partial charge is 0.496 e. The number of methoxy groups -OCH3 is 1. The molecule has 0 amide bonds. The van der Waals surface area contributed by atoms with Crippen LogP contribution in [0.1, 0.15) is 74.7 Å². The van der Waals surface area contributed by atoms with E-state index in [1.807, 2.05) is 26.0 Å². The number of rotatable bonds is 14. The number of unbranched alkanes of at least 4 members (excludes halogenated alkanes) is 3. The Morgan fingerprint density at radius 2 is 1.44 bits per heavy atom. The maximum Gasteiger partial charge on any atom is 0.347 e. The Morgan fingerprint density at radius 3 is 2.06 bits per heavy atom. The standard InChI is InChI=1S/C27H34O5/c1-4-24(28)22(25(29)5-2)13-9-7-6-8-12-20-16-18-21(19-17-20)32-27(30)23-14-10-11-15-26(23)31-3/h10-11,14-19,22H,4-9,12-13H2,1-3H3. The quantitative estimate of drug-likeness (QED) is 0.157. The maximum absolute atomic E-state index is 12.4. The second-order valence-electron chi connectivity index (χ2n) is 7.88. The summed E-state index contributed by atoms with van der Waals surface area (Å²) in [7, 11) is 1.52. The number of carbonyl (C=O) groups is 3. The van der Waals surface area contributed by atoms with E-state index in [0.717, 1.165) is 32.1 Å². The predicted molar refractivity (Wildman–Crippen MR) is 125 cm³/mol. The molecule has 0 atom stereocenters. The summed E-state index contributed by atoms with van der Waals surface area (Å²) in [6.45, 7) is 3.64. The lowest BCUT2D eigenvalue weighted by Crippen LogP contribution is -2.22. The van der Waals surface area contributed by atoms with E-state index < -0.39 is 11.9 Å². The van der Waals surface area contributed by atoms with Crippen molar-refractivity contribution in [2.75, 3.05) is 7.11 Å². The molecule has 0 saturated heterocycles. The lowest BCUT2D eigenvalue weighted by molar-refractivity contribution is -0.132. The van der Waals surface area contributed by atoms with Crippen molar-refractivity contribution in [3.05, 3.63) is 59.7 Å². The van der Waals surface area contributed by atoms with Crippen LogP contribution < -0.4 is 9.47 Å². The molecule has 32 heavy (non-hydrogen) atoms. The van der Waals surface area contributed by atoms with Gasteiger partial charge in [0, 0.05) is 12.8 Å². The van der Waals surface area contributed by atoms with E-state index in [4.69, 9.17) is 9.47 Å². The molecular formula is C27H34O5. The van der Waals surface area contributed by atoms with Crippen LogP contribution in [-0.2, 0) is 16.0 Å². The fourth-order valence-corrected chi connectivity index (χ4v) is 3.72. The smallest absolute Gasteiger partial charge is 0.347 e. The molecule has 0 aliphatic rings. The molecule has 0 radical (unpaired) electrons.